The van der Waals surface area contributed by atoms with Crippen LogP contribution in [-0.2, 0) is 10.0 Å². The second kappa shape index (κ2) is 9.25. The second-order valence-electron chi connectivity index (χ2n) is 5.09. The molecule has 0 aromatic heterocycles. The van der Waals surface area contributed by atoms with E-state index in [4.69, 9.17) is 22.8 Å². The molecule has 0 saturated carbocycles. The van der Waals surface area contributed by atoms with Crippen molar-refractivity contribution in [1.82, 2.24) is 10.0 Å². The van der Waals surface area contributed by atoms with Crippen LogP contribution in [0, 0.1) is 12.3 Å². The zero-order valence-corrected chi connectivity index (χ0v) is 15.3. The molecule has 0 aliphatic carbocycles. The predicted octanol–water partition coefficient (Wildman–Crippen LogP) is 2.06. The lowest BCUT2D eigenvalue weighted by molar-refractivity contribution is 0.0958. The molecule has 0 heterocycles. The Labute approximate surface area is 157 Å². The lowest BCUT2D eigenvalue weighted by atomic mass is 10.2. The van der Waals surface area contributed by atoms with E-state index in [1.54, 1.807) is 12.1 Å². The lowest BCUT2D eigenvalue weighted by Gasteiger charge is -2.10. The standard InChI is InChI=1S/C18H17ClN2O4S/c1-2-10-20-18(22)16-13-15(8-9-17(16)19)26(23,24)21-11-12-25-14-6-4-3-5-7-14/h1,3-9,13,21H,10-12H2,(H,20,22). The lowest BCUT2D eigenvalue weighted by Crippen LogP contribution is -2.29. The van der Waals surface area contributed by atoms with E-state index in [-0.39, 0.29) is 35.2 Å². The number of nitrogens with one attached hydrogen (secondary N) is 2. The van der Waals surface area contributed by atoms with Crippen molar-refractivity contribution >= 4 is 27.5 Å². The van der Waals surface area contributed by atoms with Crippen LogP contribution in [0.3, 0.4) is 0 Å². The number of terminal acetylenes is 1. The highest BCUT2D eigenvalue weighted by atomic mass is 35.5. The smallest absolute Gasteiger partial charge is 0.253 e. The molecular formula is C18H17ClN2O4S. The Morgan fingerprint density at radius 1 is 1.19 bits per heavy atom. The van der Waals surface area contributed by atoms with E-state index in [0.29, 0.717) is 5.75 Å². The summed E-state index contributed by atoms with van der Waals surface area (Å²) < 4.78 is 32.6. The summed E-state index contributed by atoms with van der Waals surface area (Å²) in [5.74, 6) is 2.36. The van der Waals surface area contributed by atoms with E-state index in [2.05, 4.69) is 16.0 Å². The Balaban J connectivity index is 2.01. The third-order valence-corrected chi connectivity index (χ3v) is 5.04. The van der Waals surface area contributed by atoms with Crippen LogP contribution in [0.1, 0.15) is 10.4 Å². The van der Waals surface area contributed by atoms with Crippen molar-refractivity contribution in [3.63, 3.8) is 0 Å². The summed E-state index contributed by atoms with van der Waals surface area (Å²) in [4.78, 5) is 11.9. The molecule has 2 rings (SSSR count). The van der Waals surface area contributed by atoms with Crippen molar-refractivity contribution < 1.29 is 17.9 Å². The Morgan fingerprint density at radius 3 is 2.62 bits per heavy atom. The first-order chi connectivity index (χ1) is 12.4. The van der Waals surface area contributed by atoms with Gasteiger partial charge in [0, 0.05) is 6.54 Å². The first kappa shape index (κ1) is 19.8. The highest BCUT2D eigenvalue weighted by molar-refractivity contribution is 7.89. The number of rotatable bonds is 8. The van der Waals surface area contributed by atoms with Crippen molar-refractivity contribution in [2.75, 3.05) is 19.7 Å². The van der Waals surface area contributed by atoms with Gasteiger partial charge in [-0.15, -0.1) is 6.42 Å². The summed E-state index contributed by atoms with van der Waals surface area (Å²) >= 11 is 5.97. The van der Waals surface area contributed by atoms with Gasteiger partial charge in [-0.05, 0) is 30.3 Å². The van der Waals surface area contributed by atoms with Crippen LogP contribution < -0.4 is 14.8 Å². The number of hydrogen-bond acceptors (Lipinski definition) is 4. The van der Waals surface area contributed by atoms with Crippen LogP contribution in [0.2, 0.25) is 5.02 Å². The van der Waals surface area contributed by atoms with Gasteiger partial charge in [0.05, 0.1) is 22.0 Å². The maximum atomic E-state index is 12.4. The van der Waals surface area contributed by atoms with Crippen LogP contribution in [0.25, 0.3) is 0 Å². The van der Waals surface area contributed by atoms with Crippen LogP contribution in [0.4, 0.5) is 0 Å². The summed E-state index contributed by atoms with van der Waals surface area (Å²) in [5.41, 5.74) is 0.0327. The SMILES string of the molecule is C#CCNC(=O)c1cc(S(=O)(=O)NCCOc2ccccc2)ccc1Cl. The van der Waals surface area contributed by atoms with Gasteiger partial charge < -0.3 is 10.1 Å². The largest absolute Gasteiger partial charge is 0.492 e. The number of halogens is 1. The van der Waals surface area contributed by atoms with E-state index in [0.717, 1.165) is 0 Å². The minimum atomic E-state index is -3.82. The number of amides is 1. The predicted molar refractivity (Wildman–Crippen MR) is 99.7 cm³/mol. The van der Waals surface area contributed by atoms with E-state index in [9.17, 15) is 13.2 Å². The summed E-state index contributed by atoms with van der Waals surface area (Å²) in [6, 6.07) is 12.9. The Kier molecular flexibility index (Phi) is 7.04. The molecule has 6 nitrogen and oxygen atoms in total. The maximum absolute atomic E-state index is 12.4. The fraction of sp³-hybridized carbons (Fsp3) is 0.167. The van der Waals surface area contributed by atoms with E-state index >= 15 is 0 Å². The Morgan fingerprint density at radius 2 is 1.92 bits per heavy atom. The second-order valence-corrected chi connectivity index (χ2v) is 7.26. The number of para-hydroxylation sites is 1. The molecule has 0 aliphatic rings. The molecular weight excluding hydrogens is 376 g/mol. The minimum absolute atomic E-state index is 0.0151. The zero-order chi connectivity index (χ0) is 19.0. The van der Waals surface area contributed by atoms with Gasteiger partial charge in [-0.2, -0.15) is 0 Å². The van der Waals surface area contributed by atoms with Crippen molar-refractivity contribution in [2.24, 2.45) is 0 Å². The molecule has 2 aromatic rings. The highest BCUT2D eigenvalue weighted by Gasteiger charge is 2.18. The fourth-order valence-corrected chi connectivity index (χ4v) is 3.26. The quantitative estimate of drug-likeness (QED) is 0.532. The van der Waals surface area contributed by atoms with Gasteiger partial charge in [0.1, 0.15) is 12.4 Å². The molecule has 0 saturated heterocycles. The van der Waals surface area contributed by atoms with Crippen LogP contribution in [-0.4, -0.2) is 34.0 Å². The maximum Gasteiger partial charge on any atom is 0.253 e. The van der Waals surface area contributed by atoms with Gasteiger partial charge in [0.15, 0.2) is 0 Å². The minimum Gasteiger partial charge on any atom is -0.492 e. The van der Waals surface area contributed by atoms with Crippen LogP contribution in [0.15, 0.2) is 53.4 Å². The molecule has 136 valence electrons. The van der Waals surface area contributed by atoms with Gasteiger partial charge in [0.25, 0.3) is 5.91 Å². The summed E-state index contributed by atoms with van der Waals surface area (Å²) in [6.45, 7) is 0.242. The Bertz CT molecular complexity index is 909. The van der Waals surface area contributed by atoms with Crippen molar-refractivity contribution in [3.05, 3.63) is 59.1 Å². The Hall–Kier alpha value is -2.53. The van der Waals surface area contributed by atoms with Crippen molar-refractivity contribution in [3.8, 4) is 18.1 Å². The van der Waals surface area contributed by atoms with Gasteiger partial charge in [-0.1, -0.05) is 35.7 Å². The van der Waals surface area contributed by atoms with Gasteiger partial charge >= 0.3 is 0 Å². The first-order valence-corrected chi connectivity index (χ1v) is 9.49. The number of hydrogen-bond donors (Lipinski definition) is 2. The van der Waals surface area contributed by atoms with Crippen molar-refractivity contribution in [1.29, 1.82) is 0 Å². The molecule has 0 spiro atoms. The average Bonchev–Trinajstić information content (AvgIpc) is 2.64. The molecule has 0 atom stereocenters. The van der Waals surface area contributed by atoms with Crippen molar-refractivity contribution in [2.45, 2.75) is 4.90 Å². The van der Waals surface area contributed by atoms with Crippen LogP contribution in [0.5, 0.6) is 5.75 Å². The monoisotopic (exact) mass is 392 g/mol. The molecule has 0 unspecified atom stereocenters. The summed E-state index contributed by atoms with van der Waals surface area (Å²) in [7, 11) is -3.82. The van der Waals surface area contributed by atoms with Gasteiger partial charge in [-0.3, -0.25) is 4.79 Å². The molecule has 0 fully saturated rings. The zero-order valence-electron chi connectivity index (χ0n) is 13.7. The topological polar surface area (TPSA) is 84.5 Å². The molecule has 26 heavy (non-hydrogen) atoms. The van der Waals surface area contributed by atoms with E-state index < -0.39 is 15.9 Å². The highest BCUT2D eigenvalue weighted by Crippen LogP contribution is 2.20. The summed E-state index contributed by atoms with van der Waals surface area (Å²) in [5, 5.41) is 2.57. The molecule has 2 aromatic carbocycles. The van der Waals surface area contributed by atoms with E-state index in [1.165, 1.54) is 18.2 Å². The number of carbonyl (C=O) groups excluding carboxylic acids is 1. The summed E-state index contributed by atoms with van der Waals surface area (Å²) in [6.07, 6.45) is 5.09. The normalized spacial score (nSPS) is 10.8. The molecule has 0 radical (unpaired) electrons. The number of sulfonamides is 1. The van der Waals surface area contributed by atoms with Crippen LogP contribution >= 0.6 is 11.6 Å². The van der Waals surface area contributed by atoms with Gasteiger partial charge in [0.2, 0.25) is 10.0 Å². The number of ether oxygens (including phenoxy) is 1. The average molecular weight is 393 g/mol. The number of carbonyl (C=O) groups is 1. The molecule has 2 N–H and O–H groups in total. The fourth-order valence-electron chi connectivity index (χ4n) is 2.02. The number of benzene rings is 2. The van der Waals surface area contributed by atoms with Gasteiger partial charge in [-0.25, -0.2) is 13.1 Å². The molecule has 8 heteroatoms. The third-order valence-electron chi connectivity index (χ3n) is 3.25. The van der Waals surface area contributed by atoms with E-state index in [1.807, 2.05) is 18.2 Å². The molecule has 1 amide bonds. The first-order valence-electron chi connectivity index (χ1n) is 7.63. The molecule has 0 bridgehead atoms. The third kappa shape index (κ3) is 5.49. The molecule has 0 aliphatic heterocycles.